The van der Waals surface area contributed by atoms with E-state index in [1.165, 1.54) is 16.4 Å². The first-order valence-electron chi connectivity index (χ1n) is 4.19. The van der Waals surface area contributed by atoms with Gasteiger partial charge in [0, 0.05) is 20.7 Å². The maximum atomic E-state index is 5.38. The Bertz CT molecular complexity index is 258. The van der Waals surface area contributed by atoms with E-state index in [-0.39, 0.29) is 0 Å². The molecule has 0 radical (unpaired) electrons. The molecule has 1 aromatic carbocycles. The van der Waals surface area contributed by atoms with E-state index in [2.05, 4.69) is 32.0 Å². The molecule has 1 aromatic rings. The molecule has 0 aliphatic carbocycles. The molecule has 0 saturated heterocycles. The van der Waals surface area contributed by atoms with Crippen LogP contribution in [-0.4, -0.2) is 6.61 Å². The first-order chi connectivity index (χ1) is 5.75. The molecule has 0 spiro atoms. The van der Waals surface area contributed by atoms with Gasteiger partial charge in [-0.1, -0.05) is 18.2 Å². The van der Waals surface area contributed by atoms with Gasteiger partial charge in [0.2, 0.25) is 0 Å². The van der Waals surface area contributed by atoms with E-state index in [1.54, 1.807) is 0 Å². The lowest BCUT2D eigenvalue weighted by atomic mass is 10.1. The van der Waals surface area contributed by atoms with Gasteiger partial charge in [0.25, 0.3) is 0 Å². The van der Waals surface area contributed by atoms with Crippen LogP contribution < -0.4 is 5.30 Å². The molecule has 0 N–H and O–H groups in total. The molecule has 0 aliphatic heterocycles. The summed E-state index contributed by atoms with van der Waals surface area (Å²) in [7, 11) is 0.500. The second kappa shape index (κ2) is 4.59. The molecule has 0 heterocycles. The summed E-state index contributed by atoms with van der Waals surface area (Å²) in [5.41, 5.74) is 2.71. The Labute approximate surface area is 76.0 Å². The van der Waals surface area contributed by atoms with E-state index in [9.17, 15) is 0 Å². The molecular weight excluding hydrogens is 167 g/mol. The van der Waals surface area contributed by atoms with Crippen LogP contribution in [0.2, 0.25) is 0 Å². The van der Waals surface area contributed by atoms with Gasteiger partial charge in [0.05, 0.1) is 0 Å². The van der Waals surface area contributed by atoms with Gasteiger partial charge < -0.3 is 4.52 Å². The van der Waals surface area contributed by atoms with E-state index in [0.717, 1.165) is 6.61 Å². The summed E-state index contributed by atoms with van der Waals surface area (Å²) in [6.45, 7) is 7.11. The fourth-order valence-electron chi connectivity index (χ4n) is 1.01. The molecule has 0 fully saturated rings. The van der Waals surface area contributed by atoms with Gasteiger partial charge in [-0.25, -0.2) is 0 Å². The van der Waals surface area contributed by atoms with Crippen LogP contribution in [0.25, 0.3) is 0 Å². The Balaban J connectivity index is 2.78. The average Bonchev–Trinajstić information content (AvgIpc) is 2.08. The van der Waals surface area contributed by atoms with Crippen molar-refractivity contribution in [3.63, 3.8) is 0 Å². The Hall–Kier alpha value is -0.390. The topological polar surface area (TPSA) is 9.23 Å². The van der Waals surface area contributed by atoms with Crippen molar-refractivity contribution in [3.8, 4) is 0 Å². The van der Waals surface area contributed by atoms with Gasteiger partial charge in [0.15, 0.2) is 0 Å². The highest BCUT2D eigenvalue weighted by atomic mass is 31.1. The summed E-state index contributed by atoms with van der Waals surface area (Å²) < 4.78 is 5.38. The summed E-state index contributed by atoms with van der Waals surface area (Å²) in [5.74, 6) is 0. The lowest BCUT2D eigenvalue weighted by molar-refractivity contribution is 0.394. The standard InChI is InChI=1S/C10H15OP/c1-4-11-12-10-7-5-6-8(2)9(10)3/h5-7,12H,4H2,1-3H3. The average molecular weight is 182 g/mol. The Kier molecular flexibility index (Phi) is 3.71. The quantitative estimate of drug-likeness (QED) is 0.653. The van der Waals surface area contributed by atoms with E-state index >= 15 is 0 Å². The van der Waals surface area contributed by atoms with Gasteiger partial charge in [-0.15, -0.1) is 0 Å². The Morgan fingerprint density at radius 3 is 2.75 bits per heavy atom. The third kappa shape index (κ3) is 2.30. The van der Waals surface area contributed by atoms with Gasteiger partial charge in [-0.05, 0) is 31.9 Å². The molecule has 2 heteroatoms. The van der Waals surface area contributed by atoms with Crippen molar-refractivity contribution in [2.24, 2.45) is 0 Å². The van der Waals surface area contributed by atoms with E-state index in [1.807, 2.05) is 6.92 Å². The molecule has 0 saturated carbocycles. The number of hydrogen-bond acceptors (Lipinski definition) is 1. The normalized spacial score (nSPS) is 11.2. The monoisotopic (exact) mass is 182 g/mol. The molecule has 0 aliphatic rings. The molecule has 1 nitrogen and oxygen atoms in total. The zero-order valence-corrected chi connectivity index (χ0v) is 8.85. The molecule has 0 amide bonds. The lowest BCUT2D eigenvalue weighted by Crippen LogP contribution is -2.02. The zero-order valence-electron chi connectivity index (χ0n) is 7.85. The predicted molar refractivity (Wildman–Crippen MR) is 55.5 cm³/mol. The van der Waals surface area contributed by atoms with Crippen molar-refractivity contribution < 1.29 is 4.52 Å². The Morgan fingerprint density at radius 2 is 2.08 bits per heavy atom. The number of hydrogen-bond donors (Lipinski definition) is 0. The van der Waals surface area contributed by atoms with Crippen LogP contribution in [-0.2, 0) is 4.52 Å². The van der Waals surface area contributed by atoms with Crippen LogP contribution in [0.1, 0.15) is 18.1 Å². The molecule has 12 heavy (non-hydrogen) atoms. The highest BCUT2D eigenvalue weighted by molar-refractivity contribution is 7.42. The van der Waals surface area contributed by atoms with Crippen molar-refractivity contribution >= 4 is 14.1 Å². The largest absolute Gasteiger partial charge is 0.358 e. The van der Waals surface area contributed by atoms with Crippen LogP contribution in [0, 0.1) is 13.8 Å². The van der Waals surface area contributed by atoms with E-state index in [4.69, 9.17) is 4.52 Å². The van der Waals surface area contributed by atoms with Crippen molar-refractivity contribution in [3.05, 3.63) is 29.3 Å². The van der Waals surface area contributed by atoms with Gasteiger partial charge >= 0.3 is 0 Å². The third-order valence-electron chi connectivity index (χ3n) is 1.93. The maximum Gasteiger partial charge on any atom is 0.0481 e. The first kappa shape index (κ1) is 9.70. The minimum Gasteiger partial charge on any atom is -0.358 e. The van der Waals surface area contributed by atoms with Crippen molar-refractivity contribution in [1.29, 1.82) is 0 Å². The molecule has 0 aromatic heterocycles. The molecule has 0 bridgehead atoms. The summed E-state index contributed by atoms with van der Waals surface area (Å²) >= 11 is 0. The first-order valence-corrected chi connectivity index (χ1v) is 5.10. The van der Waals surface area contributed by atoms with Crippen molar-refractivity contribution in [2.75, 3.05) is 6.61 Å². The second-order valence-corrected chi connectivity index (χ2v) is 3.81. The third-order valence-corrected chi connectivity index (χ3v) is 3.13. The SMILES string of the molecule is CCOPc1cccc(C)c1C. The lowest BCUT2D eigenvalue weighted by Gasteiger charge is -2.07. The fourth-order valence-corrected chi connectivity index (χ4v) is 1.83. The fraction of sp³-hybridized carbons (Fsp3) is 0.400. The van der Waals surface area contributed by atoms with E-state index < -0.39 is 0 Å². The highest BCUT2D eigenvalue weighted by Gasteiger charge is 1.99. The number of aryl methyl sites for hydroxylation is 1. The van der Waals surface area contributed by atoms with Crippen molar-refractivity contribution in [2.45, 2.75) is 20.8 Å². The minimum atomic E-state index is 0.500. The summed E-state index contributed by atoms with van der Waals surface area (Å²) in [6, 6.07) is 6.36. The molecule has 1 unspecified atom stereocenters. The van der Waals surface area contributed by atoms with E-state index in [0.29, 0.717) is 8.81 Å². The molecule has 1 rings (SSSR count). The summed E-state index contributed by atoms with van der Waals surface area (Å²) in [6.07, 6.45) is 0. The van der Waals surface area contributed by atoms with Gasteiger partial charge in [-0.3, -0.25) is 0 Å². The number of benzene rings is 1. The maximum absolute atomic E-state index is 5.38. The van der Waals surface area contributed by atoms with Crippen molar-refractivity contribution in [1.82, 2.24) is 0 Å². The Morgan fingerprint density at radius 1 is 1.33 bits per heavy atom. The van der Waals surface area contributed by atoms with Gasteiger partial charge in [-0.2, -0.15) is 0 Å². The van der Waals surface area contributed by atoms with Crippen LogP contribution in [0.4, 0.5) is 0 Å². The smallest absolute Gasteiger partial charge is 0.0481 e. The zero-order chi connectivity index (χ0) is 8.97. The molecule has 1 atom stereocenters. The predicted octanol–water partition coefficient (Wildman–Crippen LogP) is 2.56. The van der Waals surface area contributed by atoms with Crippen LogP contribution in [0.5, 0.6) is 0 Å². The van der Waals surface area contributed by atoms with Crippen LogP contribution in [0.15, 0.2) is 18.2 Å². The number of rotatable bonds is 3. The minimum absolute atomic E-state index is 0.500. The van der Waals surface area contributed by atoms with Crippen LogP contribution >= 0.6 is 8.81 Å². The molecular formula is C10H15OP. The summed E-state index contributed by atoms with van der Waals surface area (Å²) in [4.78, 5) is 0. The van der Waals surface area contributed by atoms with Gasteiger partial charge in [0.1, 0.15) is 0 Å². The van der Waals surface area contributed by atoms with Crippen LogP contribution in [0.3, 0.4) is 0 Å². The highest BCUT2D eigenvalue weighted by Crippen LogP contribution is 2.16. The second-order valence-electron chi connectivity index (χ2n) is 2.78. The summed E-state index contributed by atoms with van der Waals surface area (Å²) in [5, 5.41) is 1.33. The molecule has 66 valence electrons.